The Kier molecular flexibility index (Phi) is 3.85. The fraction of sp³-hybridized carbons (Fsp3) is 0.111. The highest BCUT2D eigenvalue weighted by molar-refractivity contribution is 6.31. The van der Waals surface area contributed by atoms with Crippen molar-refractivity contribution in [2.45, 2.75) is 6.92 Å². The number of methoxy groups -OCH3 is 1. The van der Waals surface area contributed by atoms with E-state index in [1.54, 1.807) is 43.5 Å². The Balaban J connectivity index is 1.90. The van der Waals surface area contributed by atoms with Crippen molar-refractivity contribution in [2.24, 2.45) is 0 Å². The number of amides is 2. The van der Waals surface area contributed by atoms with Gasteiger partial charge in [0.2, 0.25) is 0 Å². The number of ether oxygens (including phenoxy) is 1. The van der Waals surface area contributed by atoms with Crippen molar-refractivity contribution in [1.82, 2.24) is 5.43 Å². The van der Waals surface area contributed by atoms with Gasteiger partial charge in [0, 0.05) is 0 Å². The lowest BCUT2D eigenvalue weighted by molar-refractivity contribution is -0.117. The van der Waals surface area contributed by atoms with Crippen LogP contribution in [0.3, 0.4) is 0 Å². The molecule has 0 spiro atoms. The molecule has 1 aliphatic rings. The molecule has 2 amide bonds. The van der Waals surface area contributed by atoms with Crippen molar-refractivity contribution in [2.75, 3.05) is 12.1 Å². The van der Waals surface area contributed by atoms with E-state index in [1.165, 1.54) is 5.01 Å². The Bertz CT molecular complexity index is 794. The first-order chi connectivity index (χ1) is 11.1. The second-order valence-electron chi connectivity index (χ2n) is 5.25. The third-order valence-electron chi connectivity index (χ3n) is 3.58. The van der Waals surface area contributed by atoms with Gasteiger partial charge in [-0.1, -0.05) is 24.3 Å². The van der Waals surface area contributed by atoms with E-state index in [-0.39, 0.29) is 11.5 Å². The quantitative estimate of drug-likeness (QED) is 0.700. The van der Waals surface area contributed by atoms with Crippen LogP contribution in [0, 0.1) is 6.92 Å². The summed E-state index contributed by atoms with van der Waals surface area (Å²) in [4.78, 5) is 24.6. The van der Waals surface area contributed by atoms with Crippen molar-refractivity contribution >= 4 is 23.6 Å². The molecule has 3 rings (SSSR count). The van der Waals surface area contributed by atoms with Gasteiger partial charge in [-0.2, -0.15) is 0 Å². The molecular weight excluding hydrogens is 292 g/mol. The van der Waals surface area contributed by atoms with Crippen LogP contribution in [0.2, 0.25) is 0 Å². The summed E-state index contributed by atoms with van der Waals surface area (Å²) in [5, 5.41) is 1.27. The smallest absolute Gasteiger partial charge is 0.282 e. The number of carbonyl (C=O) groups excluding carboxylic acids is 2. The minimum absolute atomic E-state index is 0.108. The molecule has 1 fully saturated rings. The van der Waals surface area contributed by atoms with Gasteiger partial charge in [0.05, 0.1) is 12.8 Å². The van der Waals surface area contributed by atoms with Crippen LogP contribution < -0.4 is 15.2 Å². The Labute approximate surface area is 134 Å². The number of aryl methyl sites for hydroxylation is 1. The summed E-state index contributed by atoms with van der Waals surface area (Å²) < 4.78 is 5.09. The predicted octanol–water partition coefficient (Wildman–Crippen LogP) is 2.47. The van der Waals surface area contributed by atoms with Crippen LogP contribution in [0.5, 0.6) is 5.75 Å². The number of nitrogens with one attached hydrogen (secondary N) is 1. The maximum absolute atomic E-state index is 12.5. The van der Waals surface area contributed by atoms with Gasteiger partial charge in [-0.25, -0.2) is 5.01 Å². The molecule has 0 bridgehead atoms. The second kappa shape index (κ2) is 5.96. The lowest BCUT2D eigenvalue weighted by atomic mass is 10.1. The fourth-order valence-electron chi connectivity index (χ4n) is 2.37. The summed E-state index contributed by atoms with van der Waals surface area (Å²) in [7, 11) is 1.58. The van der Waals surface area contributed by atoms with E-state index in [9.17, 15) is 9.59 Å². The SMILES string of the molecule is COc1ccc(C=C2C(=O)NN(c3cccc(C)c3)C2=O)cc1. The molecule has 0 aliphatic carbocycles. The highest BCUT2D eigenvalue weighted by Gasteiger charge is 2.34. The first kappa shape index (κ1) is 14.8. The summed E-state index contributed by atoms with van der Waals surface area (Å²) in [6.45, 7) is 1.93. The van der Waals surface area contributed by atoms with Gasteiger partial charge in [0.25, 0.3) is 11.8 Å². The van der Waals surface area contributed by atoms with Crippen LogP contribution in [0.1, 0.15) is 11.1 Å². The van der Waals surface area contributed by atoms with Gasteiger partial charge < -0.3 is 4.74 Å². The fourth-order valence-corrected chi connectivity index (χ4v) is 2.37. The van der Waals surface area contributed by atoms with E-state index in [1.807, 2.05) is 25.1 Å². The molecule has 5 nitrogen and oxygen atoms in total. The number of hydrogen-bond acceptors (Lipinski definition) is 3. The first-order valence-electron chi connectivity index (χ1n) is 7.16. The van der Waals surface area contributed by atoms with Gasteiger partial charge in [0.1, 0.15) is 11.3 Å². The Hall–Kier alpha value is -3.08. The number of hydrogen-bond donors (Lipinski definition) is 1. The van der Waals surface area contributed by atoms with Crippen LogP contribution in [0.15, 0.2) is 54.1 Å². The van der Waals surface area contributed by atoms with Crippen molar-refractivity contribution < 1.29 is 14.3 Å². The number of nitrogens with zero attached hydrogens (tertiary/aromatic N) is 1. The van der Waals surface area contributed by atoms with Crippen LogP contribution in [-0.2, 0) is 9.59 Å². The summed E-state index contributed by atoms with van der Waals surface area (Å²) in [6.07, 6.45) is 1.58. The molecule has 1 aliphatic heterocycles. The van der Waals surface area contributed by atoms with Gasteiger partial charge in [-0.15, -0.1) is 0 Å². The molecule has 1 heterocycles. The zero-order chi connectivity index (χ0) is 16.4. The minimum Gasteiger partial charge on any atom is -0.497 e. The molecule has 0 aromatic heterocycles. The molecule has 0 atom stereocenters. The van der Waals surface area contributed by atoms with Crippen LogP contribution in [0.4, 0.5) is 5.69 Å². The van der Waals surface area contributed by atoms with E-state index < -0.39 is 5.91 Å². The highest BCUT2D eigenvalue weighted by Crippen LogP contribution is 2.22. The normalized spacial score (nSPS) is 15.9. The van der Waals surface area contributed by atoms with Crippen molar-refractivity contribution in [1.29, 1.82) is 0 Å². The average Bonchev–Trinajstić information content (AvgIpc) is 2.84. The maximum atomic E-state index is 12.5. The van der Waals surface area contributed by atoms with Gasteiger partial charge in [-0.05, 0) is 48.4 Å². The topological polar surface area (TPSA) is 58.6 Å². The van der Waals surface area contributed by atoms with Gasteiger partial charge >= 0.3 is 0 Å². The molecule has 2 aromatic carbocycles. The summed E-state index contributed by atoms with van der Waals surface area (Å²) in [5.74, 6) is -0.0560. The lowest BCUT2D eigenvalue weighted by Gasteiger charge is -2.14. The molecule has 0 unspecified atom stereocenters. The Morgan fingerprint density at radius 2 is 1.83 bits per heavy atom. The number of hydrazine groups is 1. The van der Waals surface area contributed by atoms with Crippen LogP contribution >= 0.6 is 0 Å². The van der Waals surface area contributed by atoms with Crippen molar-refractivity contribution in [3.8, 4) is 5.75 Å². The lowest BCUT2D eigenvalue weighted by Crippen LogP contribution is -2.35. The van der Waals surface area contributed by atoms with E-state index in [0.717, 1.165) is 16.9 Å². The van der Waals surface area contributed by atoms with Crippen LogP contribution in [0.25, 0.3) is 6.08 Å². The monoisotopic (exact) mass is 308 g/mol. The maximum Gasteiger partial charge on any atom is 0.282 e. The molecule has 1 N–H and O–H groups in total. The number of benzene rings is 2. The Morgan fingerprint density at radius 3 is 2.48 bits per heavy atom. The Morgan fingerprint density at radius 1 is 1.09 bits per heavy atom. The molecule has 116 valence electrons. The molecule has 0 saturated carbocycles. The van der Waals surface area contributed by atoms with E-state index >= 15 is 0 Å². The molecule has 0 radical (unpaired) electrons. The minimum atomic E-state index is -0.410. The third-order valence-corrected chi connectivity index (χ3v) is 3.58. The van der Waals surface area contributed by atoms with Gasteiger partial charge in [-0.3, -0.25) is 15.0 Å². The second-order valence-corrected chi connectivity index (χ2v) is 5.25. The molecule has 5 heteroatoms. The van der Waals surface area contributed by atoms with Crippen molar-refractivity contribution in [3.05, 3.63) is 65.2 Å². The van der Waals surface area contributed by atoms with E-state index in [4.69, 9.17) is 4.74 Å². The largest absolute Gasteiger partial charge is 0.497 e. The highest BCUT2D eigenvalue weighted by atomic mass is 16.5. The van der Waals surface area contributed by atoms with Gasteiger partial charge in [0.15, 0.2) is 0 Å². The standard InChI is InChI=1S/C18H16N2O3/c1-12-4-3-5-14(10-12)20-18(22)16(17(21)19-20)11-13-6-8-15(23-2)9-7-13/h3-11H,1-2H3,(H,19,21). The van der Waals surface area contributed by atoms with Crippen molar-refractivity contribution in [3.63, 3.8) is 0 Å². The molecule has 2 aromatic rings. The molecular formula is C18H16N2O3. The van der Waals surface area contributed by atoms with E-state index in [0.29, 0.717) is 5.69 Å². The zero-order valence-corrected chi connectivity index (χ0v) is 12.9. The summed E-state index contributed by atoms with van der Waals surface area (Å²) >= 11 is 0. The van der Waals surface area contributed by atoms with Crippen LogP contribution in [-0.4, -0.2) is 18.9 Å². The molecule has 23 heavy (non-hydrogen) atoms. The average molecular weight is 308 g/mol. The number of anilines is 1. The first-order valence-corrected chi connectivity index (χ1v) is 7.16. The summed E-state index contributed by atoms with van der Waals surface area (Å²) in [6, 6.07) is 14.5. The molecule has 1 saturated heterocycles. The zero-order valence-electron chi connectivity index (χ0n) is 12.9. The predicted molar refractivity (Wildman–Crippen MR) is 87.8 cm³/mol. The number of rotatable bonds is 3. The third kappa shape index (κ3) is 2.94. The number of carbonyl (C=O) groups is 2. The van der Waals surface area contributed by atoms with E-state index in [2.05, 4.69) is 5.43 Å². The summed E-state index contributed by atoms with van der Waals surface area (Å²) in [5.41, 5.74) is 5.11.